The van der Waals surface area contributed by atoms with Crippen molar-refractivity contribution in [3.8, 4) is 17.2 Å². The maximum absolute atomic E-state index is 12.3. The van der Waals surface area contributed by atoms with Crippen molar-refractivity contribution >= 4 is 126 Å². The molecule has 3 aliphatic heterocycles. The number of amides is 3. The Balaban J connectivity index is -0.000000629. The fourth-order valence-corrected chi connectivity index (χ4v) is 12.4. The van der Waals surface area contributed by atoms with Crippen LogP contribution in [0.1, 0.15) is 155 Å². The Morgan fingerprint density at radius 2 is 0.794 bits per heavy atom. The minimum Gasteiger partial charge on any atom is -0.480 e. The lowest BCUT2D eigenvalue weighted by Crippen LogP contribution is -2.46. The van der Waals surface area contributed by atoms with Crippen LogP contribution >= 0.6 is 78.2 Å². The number of alkyl halides is 6. The number of carboxylic acids is 5. The van der Waals surface area contributed by atoms with E-state index in [0.717, 1.165) is 77.8 Å². The van der Waals surface area contributed by atoms with Gasteiger partial charge in [-0.3, -0.25) is 0 Å². The van der Waals surface area contributed by atoms with Crippen LogP contribution in [0.5, 0.6) is 17.2 Å². The largest absolute Gasteiger partial charge is 0.490 e. The molecule has 0 saturated carbocycles. The molecule has 3 amide bonds. The molecule has 3 aromatic rings. The number of nitrogens with one attached hydrogen (secondary N) is 3. The SMILES string of the molecule is CCC(C)[C@H](NC(=O)Oc1cccc(C2(CC)CCCCN(C)C2)c1)C(=O)O.CCC1(c2cccc(OC(=O)N[C@@H](CCSC)C(=O)O)c2)CCCCN(C)C1.CCC1(c2cccc(OC(=O)N[C@H](C(=O)O)C(C)C)c2)CCCCN(C)C1.Cl.O=C(O)C(F)(F)F.O=C(O)C(F)(F)F.S.S.S.S. The Morgan fingerprint density at radius 1 is 0.500 bits per heavy atom. The molecule has 0 spiro atoms. The highest BCUT2D eigenvalue weighted by Crippen LogP contribution is 2.41. The summed E-state index contributed by atoms with van der Waals surface area (Å²) in [6.07, 6.45) is 4.06. The van der Waals surface area contributed by atoms with Gasteiger partial charge in [0.15, 0.2) is 0 Å². The standard InChI is InChI=1S/C22H34N2O4.C21H32N2O4S.C21H32N2O4.2C2HF3O2.ClH.4H2S/c1-5-16(3)19(20(25)26)23-21(27)28-18-11-9-10-17(14-18)22(6-2)12-7-8-13-24(4)15-22;1-4-21(11-5-6-12-23(2)15-21)16-8-7-9-17(14-16)27-20(26)22-18(19(24)25)10-13-28-3;1-5-21(11-6-7-12-23(4)14-21)16-9-8-10-17(13-16)27-20(26)22-18(15(2)3)19(24)25;2*3-2(4,5)1(6)7;;;;;/h9-11,14,16,19H,5-8,12-13,15H2,1-4H3,(H,23,27)(H,25,26);7-9,14,18H,4-6,10-13,15H2,1-3H3,(H,22,26)(H,24,25);8-10,13,15,18H,5-7,11-12,14H2,1-4H3,(H,22,26)(H,24,25);2*(H,6,7);1H;4*1H2/t16?,19-,22?;2*18-,21?;;;;;;;/m000......./s1. The lowest BCUT2D eigenvalue weighted by molar-refractivity contribution is -0.193. The lowest BCUT2D eigenvalue weighted by atomic mass is 9.74. The number of carboxylic acid groups (broad SMARTS) is 5. The van der Waals surface area contributed by atoms with Gasteiger partial charge in [0.1, 0.15) is 35.4 Å². The van der Waals surface area contributed by atoms with Crippen LogP contribution in [-0.4, -0.2) is 191 Å². The third-order valence-corrected chi connectivity index (χ3v) is 18.3. The second-order valence-electron chi connectivity index (χ2n) is 25.2. The van der Waals surface area contributed by atoms with Crippen LogP contribution in [0, 0.1) is 11.8 Å². The number of rotatable bonds is 21. The number of hydrogen-bond donors (Lipinski definition) is 8. The fraction of sp³-hybridized carbons (Fsp3) is 0.618. The molecule has 3 aliphatic rings. The number of aliphatic carboxylic acids is 5. The second-order valence-corrected chi connectivity index (χ2v) is 26.2. The molecule has 0 radical (unpaired) electrons. The number of likely N-dealkylation sites (tertiary alicyclic amines) is 3. The molecule has 22 nitrogen and oxygen atoms in total. The Kier molecular flexibility index (Phi) is 50.3. The molecule has 3 aromatic carbocycles. The van der Waals surface area contributed by atoms with Gasteiger partial charge in [-0.25, -0.2) is 38.4 Å². The highest BCUT2D eigenvalue weighted by Gasteiger charge is 2.40. The number of likely N-dealkylation sites (N-methyl/N-ethyl adjacent to an activating group) is 3. The molecule has 6 rings (SSSR count). The van der Waals surface area contributed by atoms with Gasteiger partial charge in [0, 0.05) is 35.9 Å². The van der Waals surface area contributed by atoms with Crippen LogP contribution in [0.3, 0.4) is 0 Å². The van der Waals surface area contributed by atoms with Gasteiger partial charge in [-0.05, 0) is 182 Å². The predicted molar refractivity (Wildman–Crippen MR) is 404 cm³/mol. The zero-order chi connectivity index (χ0) is 73.5. The van der Waals surface area contributed by atoms with Crippen molar-refractivity contribution in [3.05, 3.63) is 89.5 Å². The van der Waals surface area contributed by atoms with Crippen molar-refractivity contribution in [3.63, 3.8) is 0 Å². The first-order valence-corrected chi connectivity index (χ1v) is 33.9. The smallest absolute Gasteiger partial charge is 0.480 e. The summed E-state index contributed by atoms with van der Waals surface area (Å²) in [6.45, 7) is 20.1. The Labute approximate surface area is 633 Å². The molecule has 586 valence electrons. The number of benzene rings is 3. The summed E-state index contributed by atoms with van der Waals surface area (Å²) < 4.78 is 79.7. The van der Waals surface area contributed by atoms with E-state index in [1.165, 1.54) is 55.2 Å². The maximum Gasteiger partial charge on any atom is 0.490 e. The molecule has 8 N–H and O–H groups in total. The number of carbonyl (C=O) groups excluding carboxylic acids is 3. The number of thioether (sulfide) groups is 1. The van der Waals surface area contributed by atoms with Crippen LogP contribution in [0.15, 0.2) is 72.8 Å². The molecular weight excluding hydrogens is 1470 g/mol. The van der Waals surface area contributed by atoms with E-state index in [4.69, 9.17) is 34.0 Å². The van der Waals surface area contributed by atoms with Crippen molar-refractivity contribution < 1.29 is 104 Å². The summed E-state index contributed by atoms with van der Waals surface area (Å²) in [7, 11) is 6.47. The van der Waals surface area contributed by atoms with Crippen LogP contribution < -0.4 is 30.2 Å². The Bertz CT molecular complexity index is 3010. The number of carbonyl (C=O) groups is 8. The van der Waals surface area contributed by atoms with E-state index in [-0.39, 0.29) is 94.5 Å². The van der Waals surface area contributed by atoms with Crippen LogP contribution in [0.25, 0.3) is 0 Å². The summed E-state index contributed by atoms with van der Waals surface area (Å²) in [6, 6.07) is 20.1. The Hall–Kier alpha value is -5.68. The van der Waals surface area contributed by atoms with Crippen molar-refractivity contribution in [1.82, 2.24) is 30.7 Å². The fourth-order valence-electron chi connectivity index (χ4n) is 11.9. The van der Waals surface area contributed by atoms with E-state index >= 15 is 0 Å². The van der Waals surface area contributed by atoms with Gasteiger partial charge in [0.05, 0.1) is 0 Å². The van der Waals surface area contributed by atoms with E-state index < -0.39 is 78.6 Å². The summed E-state index contributed by atoms with van der Waals surface area (Å²) >= 11 is 1.54. The number of nitrogens with zero attached hydrogens (tertiary/aromatic N) is 3. The van der Waals surface area contributed by atoms with Crippen molar-refractivity contribution in [2.75, 3.05) is 72.4 Å². The number of halogens is 7. The minimum absolute atomic E-state index is 0. The molecular formula is C68H109ClF6N6O16S5. The number of hydrogen-bond acceptors (Lipinski definition) is 15. The van der Waals surface area contributed by atoms with Crippen LogP contribution in [-0.2, 0) is 40.2 Å². The van der Waals surface area contributed by atoms with Gasteiger partial charge in [-0.1, -0.05) is 111 Å². The van der Waals surface area contributed by atoms with Gasteiger partial charge in [-0.15, -0.1) is 12.4 Å². The monoisotopic (exact) mass is 1570 g/mol. The van der Waals surface area contributed by atoms with Gasteiger partial charge in [0.25, 0.3) is 0 Å². The third-order valence-electron chi connectivity index (χ3n) is 17.7. The molecule has 3 saturated heterocycles. The highest BCUT2D eigenvalue weighted by molar-refractivity contribution is 7.98. The molecule has 3 fully saturated rings. The predicted octanol–water partition coefficient (Wildman–Crippen LogP) is 13.6. The minimum atomic E-state index is -5.08. The molecule has 7 atom stereocenters. The van der Waals surface area contributed by atoms with Crippen molar-refractivity contribution in [1.29, 1.82) is 0 Å². The summed E-state index contributed by atoms with van der Waals surface area (Å²) in [5.41, 5.74) is 3.65. The average Bonchev–Trinajstić information content (AvgIpc) is 1.35. The lowest BCUT2D eigenvalue weighted by Gasteiger charge is -2.35. The topological polar surface area (TPSA) is 311 Å². The zero-order valence-electron chi connectivity index (χ0n) is 59.8. The number of ether oxygens (including phenoxy) is 3. The van der Waals surface area contributed by atoms with Gasteiger partial charge < -0.3 is 70.4 Å². The van der Waals surface area contributed by atoms with Crippen molar-refractivity contribution in [2.24, 2.45) is 11.8 Å². The van der Waals surface area contributed by atoms with E-state index in [0.29, 0.717) is 35.8 Å². The molecule has 3 heterocycles. The van der Waals surface area contributed by atoms with Gasteiger partial charge in [-0.2, -0.15) is 92.1 Å². The normalized spacial score (nSPS) is 19.5. The summed E-state index contributed by atoms with van der Waals surface area (Å²) in [5.74, 6) is -7.10. The molecule has 34 heteroatoms. The molecule has 0 aliphatic carbocycles. The first-order valence-electron chi connectivity index (χ1n) is 32.5. The molecule has 102 heavy (non-hydrogen) atoms. The van der Waals surface area contributed by atoms with E-state index in [1.54, 1.807) is 50.7 Å². The maximum atomic E-state index is 12.3. The van der Waals surface area contributed by atoms with Gasteiger partial charge >= 0.3 is 60.5 Å². The second kappa shape index (κ2) is 49.9. The highest BCUT2D eigenvalue weighted by atomic mass is 35.5. The first-order chi connectivity index (χ1) is 45.4. The van der Waals surface area contributed by atoms with Crippen LogP contribution in [0.2, 0.25) is 0 Å². The van der Waals surface area contributed by atoms with E-state index in [9.17, 15) is 70.4 Å². The zero-order valence-corrected chi connectivity index (χ0v) is 65.4. The molecule has 0 aromatic heterocycles. The van der Waals surface area contributed by atoms with Gasteiger partial charge in [0.2, 0.25) is 0 Å². The van der Waals surface area contributed by atoms with Crippen molar-refractivity contribution in [2.45, 2.75) is 185 Å². The molecule has 0 bridgehead atoms. The summed E-state index contributed by atoms with van der Waals surface area (Å²) in [5, 5.41) is 49.5. The van der Waals surface area contributed by atoms with E-state index in [2.05, 4.69) is 90.8 Å². The third kappa shape index (κ3) is 35.4. The first kappa shape index (κ1) is 103. The molecule has 4 unspecified atom stereocenters. The average molecular weight is 1580 g/mol. The Morgan fingerprint density at radius 3 is 1.04 bits per heavy atom. The summed E-state index contributed by atoms with van der Waals surface area (Å²) in [4.78, 5) is 95.6. The van der Waals surface area contributed by atoms with E-state index in [1.807, 2.05) is 49.6 Å². The van der Waals surface area contributed by atoms with Crippen LogP contribution in [0.4, 0.5) is 40.7 Å². The quantitative estimate of drug-likeness (QED) is 0.0460.